The molecular weight excluding hydrogens is 809 g/mol. The van der Waals surface area contributed by atoms with Crippen LogP contribution in [0.3, 0.4) is 0 Å². The minimum atomic E-state index is -1.08. The van der Waals surface area contributed by atoms with E-state index in [2.05, 4.69) is 39.1 Å². The summed E-state index contributed by atoms with van der Waals surface area (Å²) in [5, 5.41) is 2.84. The van der Waals surface area contributed by atoms with Crippen molar-refractivity contribution in [3.8, 4) is 11.5 Å². The van der Waals surface area contributed by atoms with E-state index in [-0.39, 0.29) is 82.2 Å². The van der Waals surface area contributed by atoms with Gasteiger partial charge in [0.15, 0.2) is 24.0 Å². The van der Waals surface area contributed by atoms with Gasteiger partial charge < -0.3 is 33.7 Å². The van der Waals surface area contributed by atoms with Crippen molar-refractivity contribution in [2.24, 2.45) is 47.3 Å². The number of allylic oxidation sites excluding steroid dienone is 3. The molecule has 1 aromatic carbocycles. The maximum absolute atomic E-state index is 15.6. The molecule has 7 rings (SSSR count). The summed E-state index contributed by atoms with van der Waals surface area (Å²) in [6.07, 6.45) is 8.32. The highest BCUT2D eigenvalue weighted by atomic mass is 16.7. The standard InChI is InChI=1S/C49H60N2O12/c1-25-15-16-49(63-46(25)35-21-36(58-30(6)52)23-37(22-35)59-31(7)53)28(4)19-27(3)40(62-49)24-38-26(2)20-34-13-14-39(60-32(8)54)29(5)41(34)42(38)45(56)43-47(61-33(9)55)44(48(57)50-43)51-17-11-10-12-18-51/h10-12,17-18,20-23,25,27-29,34,38-42,44,46H,13-16,19,24H2,1-9H3/p+1/t25-,27-,28-,29+,34+,38-,39-,40+,41+,42+,44?,46-,49+/m1/s1. The van der Waals surface area contributed by atoms with E-state index in [0.29, 0.717) is 31.2 Å². The minimum absolute atomic E-state index is 0.00853. The van der Waals surface area contributed by atoms with Crippen LogP contribution in [0.2, 0.25) is 0 Å². The predicted octanol–water partition coefficient (Wildman–Crippen LogP) is 6.96. The lowest BCUT2D eigenvalue weighted by Gasteiger charge is -2.54. The first-order valence-corrected chi connectivity index (χ1v) is 22.3. The summed E-state index contributed by atoms with van der Waals surface area (Å²) in [6.45, 7) is 15.7. The SMILES string of the molecule is CC(=O)OC1=C(C(=O)[C@@H]2[C@H]3[C@@H](C)[C@H](OC(C)=O)CC[C@H]3C=C(C)[C@H]2C[C@@H]2O[C@]3(CC[C@@H](C)[C@H](c4cc(OC(C)=O)cc(OC(C)=O)c4)O3)[C@H](C)C[C@H]2C)NC(=O)C1[n+]1ccccc1. The smallest absolute Gasteiger partial charge is 0.308 e. The zero-order chi connectivity index (χ0) is 45.5. The summed E-state index contributed by atoms with van der Waals surface area (Å²) >= 11 is 0. The summed E-state index contributed by atoms with van der Waals surface area (Å²) in [5.41, 5.74) is 1.67. The molecule has 338 valence electrons. The number of nitrogens with one attached hydrogen (secondary N) is 1. The van der Waals surface area contributed by atoms with Crippen molar-refractivity contribution in [3.05, 3.63) is 77.5 Å². The number of esters is 4. The van der Waals surface area contributed by atoms with Crippen LogP contribution in [0.15, 0.2) is 71.9 Å². The number of rotatable bonds is 10. The molecule has 1 aromatic heterocycles. The topological polar surface area (TPSA) is 174 Å². The Balaban J connectivity index is 1.26. The molecule has 1 amide bonds. The fourth-order valence-corrected chi connectivity index (χ4v) is 11.2. The van der Waals surface area contributed by atoms with Crippen molar-refractivity contribution in [2.75, 3.05) is 0 Å². The Labute approximate surface area is 369 Å². The number of hydrogen-bond acceptors (Lipinski definition) is 12. The number of carbonyl (C=O) groups excluding carboxylic acids is 6. The first kappa shape index (κ1) is 45.8. The number of hydrogen-bond donors (Lipinski definition) is 1. The Kier molecular flexibility index (Phi) is 13.4. The van der Waals surface area contributed by atoms with Gasteiger partial charge in [0.1, 0.15) is 23.3 Å². The van der Waals surface area contributed by atoms with Crippen LogP contribution in [0, 0.1) is 47.3 Å². The lowest BCUT2D eigenvalue weighted by atomic mass is 9.56. The molecule has 3 fully saturated rings. The van der Waals surface area contributed by atoms with Crippen molar-refractivity contribution in [3.63, 3.8) is 0 Å². The number of carbonyl (C=O) groups is 6. The van der Waals surface area contributed by atoms with Crippen LogP contribution >= 0.6 is 0 Å². The average Bonchev–Trinajstić information content (AvgIpc) is 3.52. The van der Waals surface area contributed by atoms with Crippen molar-refractivity contribution in [1.82, 2.24) is 5.32 Å². The Morgan fingerprint density at radius 1 is 0.810 bits per heavy atom. The van der Waals surface area contributed by atoms with Crippen LogP contribution in [0.4, 0.5) is 0 Å². The van der Waals surface area contributed by atoms with Crippen LogP contribution in [-0.4, -0.2) is 53.6 Å². The van der Waals surface area contributed by atoms with Gasteiger partial charge in [0.2, 0.25) is 5.76 Å². The van der Waals surface area contributed by atoms with E-state index >= 15 is 4.79 Å². The molecule has 1 spiro atoms. The molecule has 13 atom stereocenters. The van der Waals surface area contributed by atoms with Gasteiger partial charge in [-0.05, 0) is 92.2 Å². The molecule has 1 saturated carbocycles. The normalized spacial score (nSPS) is 34.0. The highest BCUT2D eigenvalue weighted by Gasteiger charge is 2.56. The first-order chi connectivity index (χ1) is 29.8. The number of aromatic nitrogens is 1. The maximum atomic E-state index is 15.6. The molecule has 14 nitrogen and oxygen atoms in total. The van der Waals surface area contributed by atoms with Crippen LogP contribution in [0.5, 0.6) is 11.5 Å². The van der Waals surface area contributed by atoms with Gasteiger partial charge in [-0.1, -0.05) is 45.4 Å². The van der Waals surface area contributed by atoms with E-state index in [1.807, 2.05) is 6.92 Å². The lowest BCUT2D eigenvalue weighted by Crippen LogP contribution is -2.56. The number of ketones is 1. The fourth-order valence-electron chi connectivity index (χ4n) is 11.2. The van der Waals surface area contributed by atoms with Crippen LogP contribution in [0.25, 0.3) is 0 Å². The number of nitrogens with zero attached hydrogens (tertiary/aromatic N) is 1. The Hall–Kier alpha value is -5.21. The van der Waals surface area contributed by atoms with E-state index in [1.54, 1.807) is 47.3 Å². The second-order valence-corrected chi connectivity index (χ2v) is 18.6. The maximum Gasteiger partial charge on any atom is 0.308 e. The van der Waals surface area contributed by atoms with Crippen molar-refractivity contribution >= 4 is 35.6 Å². The fraction of sp³-hybridized carbons (Fsp3) is 0.571. The van der Waals surface area contributed by atoms with E-state index in [4.69, 9.17) is 28.4 Å². The summed E-state index contributed by atoms with van der Waals surface area (Å²) in [6, 6.07) is 9.21. The second kappa shape index (κ2) is 18.5. The van der Waals surface area contributed by atoms with Crippen LogP contribution < -0.4 is 19.4 Å². The average molecular weight is 870 g/mol. The Morgan fingerprint density at radius 3 is 2.08 bits per heavy atom. The second-order valence-electron chi connectivity index (χ2n) is 18.6. The molecule has 2 aromatic rings. The van der Waals surface area contributed by atoms with Crippen molar-refractivity contribution in [1.29, 1.82) is 0 Å². The summed E-state index contributed by atoms with van der Waals surface area (Å²) < 4.78 is 38.6. The Morgan fingerprint density at radius 2 is 1.46 bits per heavy atom. The van der Waals surface area contributed by atoms with Gasteiger partial charge in [-0.15, -0.1) is 0 Å². The van der Waals surface area contributed by atoms with E-state index < -0.39 is 53.8 Å². The van der Waals surface area contributed by atoms with E-state index in [1.165, 1.54) is 33.8 Å². The third-order valence-corrected chi connectivity index (χ3v) is 14.0. The number of benzene rings is 1. The molecule has 1 unspecified atom stereocenters. The van der Waals surface area contributed by atoms with Gasteiger partial charge in [-0.25, -0.2) is 0 Å². The molecule has 2 aliphatic carbocycles. The van der Waals surface area contributed by atoms with Gasteiger partial charge in [-0.3, -0.25) is 28.8 Å². The first-order valence-electron chi connectivity index (χ1n) is 22.3. The zero-order valence-corrected chi connectivity index (χ0v) is 37.7. The highest BCUT2D eigenvalue weighted by Crippen LogP contribution is 2.55. The molecule has 14 heteroatoms. The lowest BCUT2D eigenvalue weighted by molar-refractivity contribution is -0.703. The molecule has 63 heavy (non-hydrogen) atoms. The van der Waals surface area contributed by atoms with E-state index in [9.17, 15) is 24.0 Å². The third-order valence-electron chi connectivity index (χ3n) is 14.0. The van der Waals surface area contributed by atoms with Gasteiger partial charge in [0.25, 0.3) is 6.04 Å². The molecule has 4 heterocycles. The molecule has 5 aliphatic rings. The summed E-state index contributed by atoms with van der Waals surface area (Å²) in [5.74, 6) is -5.01. The molecular formula is C49H61N2O12+. The quantitative estimate of drug-likeness (QED) is 0.113. The van der Waals surface area contributed by atoms with Gasteiger partial charge in [0, 0.05) is 64.2 Å². The number of fused-ring (bicyclic) bond motifs is 1. The highest BCUT2D eigenvalue weighted by molar-refractivity contribution is 6.06. The summed E-state index contributed by atoms with van der Waals surface area (Å²) in [7, 11) is 0. The zero-order valence-electron chi connectivity index (χ0n) is 37.7. The molecule has 3 aliphatic heterocycles. The molecule has 0 bridgehead atoms. The summed E-state index contributed by atoms with van der Waals surface area (Å²) in [4.78, 5) is 78.4. The molecule has 1 N–H and O–H groups in total. The predicted molar refractivity (Wildman–Crippen MR) is 226 cm³/mol. The van der Waals surface area contributed by atoms with Gasteiger partial charge in [-0.2, -0.15) is 4.57 Å². The number of amides is 1. The monoisotopic (exact) mass is 869 g/mol. The van der Waals surface area contributed by atoms with Crippen molar-refractivity contribution < 1.29 is 61.8 Å². The van der Waals surface area contributed by atoms with Gasteiger partial charge in [0.05, 0.1) is 12.2 Å². The third kappa shape index (κ3) is 9.52. The van der Waals surface area contributed by atoms with Crippen LogP contribution in [-0.2, 0) is 47.7 Å². The number of Topliss-reactive ketones (excluding diaryl/α,β-unsaturated/α-hetero) is 1. The largest absolute Gasteiger partial charge is 0.462 e. The minimum Gasteiger partial charge on any atom is -0.462 e. The van der Waals surface area contributed by atoms with E-state index in [0.717, 1.165) is 18.4 Å². The number of pyridine rings is 1. The van der Waals surface area contributed by atoms with Crippen molar-refractivity contribution in [2.45, 2.75) is 131 Å². The van der Waals surface area contributed by atoms with Gasteiger partial charge >= 0.3 is 29.8 Å². The molecule has 2 saturated heterocycles. The van der Waals surface area contributed by atoms with Crippen LogP contribution in [0.1, 0.15) is 119 Å². The molecule has 0 radical (unpaired) electrons. The number of ether oxygens (including phenoxy) is 6. The Bertz CT molecular complexity index is 2170.